The summed E-state index contributed by atoms with van der Waals surface area (Å²) in [6.45, 7) is 0.494. The molecular formula is C27H24N2O3S. The predicted molar refractivity (Wildman–Crippen MR) is 135 cm³/mol. The molecule has 2 N–H and O–H groups in total. The molecule has 0 unspecified atom stereocenters. The number of thioether (sulfide) groups is 1. The van der Waals surface area contributed by atoms with Crippen molar-refractivity contribution in [2.24, 2.45) is 0 Å². The SMILES string of the molecule is COc1ccc(C=Cc2ccc3ccc(C(=O)NCCSc4ccccc4)c(O)c3n2)cc1. The minimum atomic E-state index is -0.316. The van der Waals surface area contributed by atoms with E-state index in [9.17, 15) is 9.90 Å². The molecule has 0 bridgehead atoms. The first kappa shape index (κ1) is 22.4. The Morgan fingerprint density at radius 3 is 2.52 bits per heavy atom. The number of methoxy groups -OCH3 is 1. The number of nitrogens with one attached hydrogen (secondary N) is 1. The van der Waals surface area contributed by atoms with Crippen LogP contribution in [0.25, 0.3) is 23.1 Å². The number of amides is 1. The number of rotatable bonds is 8. The summed E-state index contributed by atoms with van der Waals surface area (Å²) in [5.41, 5.74) is 2.31. The second-order valence-electron chi connectivity index (χ2n) is 7.29. The van der Waals surface area contributed by atoms with Gasteiger partial charge in [0.15, 0.2) is 5.75 Å². The first-order valence-electron chi connectivity index (χ1n) is 10.5. The third-order valence-corrected chi connectivity index (χ3v) is 6.08. The molecule has 4 rings (SSSR count). The van der Waals surface area contributed by atoms with Crippen molar-refractivity contribution >= 4 is 40.7 Å². The average Bonchev–Trinajstić information content (AvgIpc) is 2.86. The third-order valence-electron chi connectivity index (χ3n) is 5.06. The Morgan fingerprint density at radius 1 is 1.00 bits per heavy atom. The monoisotopic (exact) mass is 456 g/mol. The van der Waals surface area contributed by atoms with Gasteiger partial charge in [0.1, 0.15) is 11.3 Å². The Bertz CT molecular complexity index is 1270. The molecule has 5 nitrogen and oxygen atoms in total. The average molecular weight is 457 g/mol. The fraction of sp³-hybridized carbons (Fsp3) is 0.111. The molecule has 4 aromatic rings. The largest absolute Gasteiger partial charge is 0.505 e. The molecule has 1 heterocycles. The Morgan fingerprint density at radius 2 is 1.76 bits per heavy atom. The number of pyridine rings is 1. The maximum atomic E-state index is 12.6. The zero-order chi connectivity index (χ0) is 23.0. The quantitative estimate of drug-likeness (QED) is 0.265. The highest BCUT2D eigenvalue weighted by Gasteiger charge is 2.14. The van der Waals surface area contributed by atoms with Gasteiger partial charge in [-0.15, -0.1) is 11.8 Å². The summed E-state index contributed by atoms with van der Waals surface area (Å²) in [6.07, 6.45) is 3.81. The van der Waals surface area contributed by atoms with Crippen molar-refractivity contribution in [3.05, 3.63) is 95.7 Å². The highest BCUT2D eigenvalue weighted by Crippen LogP contribution is 2.28. The summed E-state index contributed by atoms with van der Waals surface area (Å²) < 4.78 is 5.18. The topological polar surface area (TPSA) is 71.5 Å². The molecule has 1 amide bonds. The van der Waals surface area contributed by atoms with Gasteiger partial charge >= 0.3 is 0 Å². The number of fused-ring (bicyclic) bond motifs is 1. The number of carbonyl (C=O) groups is 1. The Hall–Kier alpha value is -3.77. The van der Waals surface area contributed by atoms with E-state index in [0.717, 1.165) is 27.3 Å². The molecule has 0 atom stereocenters. The summed E-state index contributed by atoms with van der Waals surface area (Å²) in [4.78, 5) is 18.3. The molecule has 0 aliphatic heterocycles. The van der Waals surface area contributed by atoms with Gasteiger partial charge in [-0.05, 0) is 48.0 Å². The minimum Gasteiger partial charge on any atom is -0.505 e. The summed E-state index contributed by atoms with van der Waals surface area (Å²) >= 11 is 1.67. The number of aromatic hydroxyl groups is 1. The van der Waals surface area contributed by atoms with E-state index in [1.807, 2.05) is 78.9 Å². The Kier molecular flexibility index (Phi) is 7.27. The van der Waals surface area contributed by atoms with Crippen molar-refractivity contribution in [2.45, 2.75) is 4.90 Å². The van der Waals surface area contributed by atoms with Crippen LogP contribution in [-0.2, 0) is 0 Å². The number of benzene rings is 3. The lowest BCUT2D eigenvalue weighted by Crippen LogP contribution is -2.25. The van der Waals surface area contributed by atoms with Crippen LogP contribution in [0.3, 0.4) is 0 Å². The number of hydrogen-bond acceptors (Lipinski definition) is 5. The van der Waals surface area contributed by atoms with E-state index in [1.165, 1.54) is 0 Å². The molecule has 6 heteroatoms. The van der Waals surface area contributed by atoms with Crippen LogP contribution < -0.4 is 10.1 Å². The molecule has 1 aromatic heterocycles. The zero-order valence-corrected chi connectivity index (χ0v) is 19.0. The van der Waals surface area contributed by atoms with Crippen LogP contribution in [0.5, 0.6) is 11.5 Å². The zero-order valence-electron chi connectivity index (χ0n) is 18.2. The van der Waals surface area contributed by atoms with Crippen LogP contribution in [0, 0.1) is 0 Å². The van der Waals surface area contributed by atoms with Crippen LogP contribution in [0.4, 0.5) is 0 Å². The van der Waals surface area contributed by atoms with Gasteiger partial charge in [0.05, 0.1) is 18.4 Å². The normalized spacial score (nSPS) is 11.1. The molecule has 3 aromatic carbocycles. The Labute approximate surface area is 197 Å². The van der Waals surface area contributed by atoms with Gasteiger partial charge in [-0.1, -0.05) is 48.5 Å². The highest BCUT2D eigenvalue weighted by molar-refractivity contribution is 7.99. The van der Waals surface area contributed by atoms with E-state index < -0.39 is 0 Å². The molecule has 0 aliphatic carbocycles. The van der Waals surface area contributed by atoms with Crippen LogP contribution in [0.15, 0.2) is 83.8 Å². The van der Waals surface area contributed by atoms with E-state index >= 15 is 0 Å². The minimum absolute atomic E-state index is 0.111. The standard InChI is InChI=1S/C27H24N2O3S/c1-32-22-14-8-19(9-15-22)7-12-21-13-10-20-11-16-24(26(30)25(20)29-21)27(31)28-17-18-33-23-5-3-2-4-6-23/h2-16,30H,17-18H2,1H3,(H,28,31). The number of hydrogen-bond donors (Lipinski definition) is 2. The summed E-state index contributed by atoms with van der Waals surface area (Å²) in [5, 5.41) is 14.4. The number of carbonyl (C=O) groups excluding carboxylic acids is 1. The van der Waals surface area contributed by atoms with Crippen molar-refractivity contribution in [1.29, 1.82) is 0 Å². The van der Waals surface area contributed by atoms with Gasteiger partial charge in [0.25, 0.3) is 5.91 Å². The van der Waals surface area contributed by atoms with Gasteiger partial charge < -0.3 is 15.2 Å². The molecule has 0 aliphatic rings. The van der Waals surface area contributed by atoms with Crippen LogP contribution >= 0.6 is 11.8 Å². The van der Waals surface area contributed by atoms with Crippen LogP contribution in [0.1, 0.15) is 21.6 Å². The molecular weight excluding hydrogens is 432 g/mol. The second-order valence-corrected chi connectivity index (χ2v) is 8.46. The van der Waals surface area contributed by atoms with Crippen molar-refractivity contribution in [1.82, 2.24) is 10.3 Å². The lowest BCUT2D eigenvalue weighted by Gasteiger charge is -2.09. The third kappa shape index (κ3) is 5.73. The van der Waals surface area contributed by atoms with E-state index in [-0.39, 0.29) is 17.2 Å². The van der Waals surface area contributed by atoms with Crippen molar-refractivity contribution in [2.75, 3.05) is 19.4 Å². The molecule has 0 spiro atoms. The number of phenols is 1. The second kappa shape index (κ2) is 10.7. The predicted octanol–water partition coefficient (Wildman–Crippen LogP) is 5.64. The van der Waals surface area contributed by atoms with Gasteiger partial charge in [-0.25, -0.2) is 4.98 Å². The molecule has 0 fully saturated rings. The summed E-state index contributed by atoms with van der Waals surface area (Å²) in [6, 6.07) is 24.9. The van der Waals surface area contributed by atoms with Crippen LogP contribution in [-0.4, -0.2) is 35.4 Å². The van der Waals surface area contributed by atoms with Gasteiger partial charge in [0, 0.05) is 22.6 Å². The first-order chi connectivity index (χ1) is 16.1. The Balaban J connectivity index is 1.45. The number of nitrogens with zero attached hydrogens (tertiary/aromatic N) is 1. The molecule has 0 saturated carbocycles. The lowest BCUT2D eigenvalue weighted by atomic mass is 10.1. The van der Waals surface area contributed by atoms with Gasteiger partial charge in [0.2, 0.25) is 0 Å². The molecule has 33 heavy (non-hydrogen) atoms. The maximum absolute atomic E-state index is 12.6. The fourth-order valence-electron chi connectivity index (χ4n) is 3.31. The summed E-state index contributed by atoms with van der Waals surface area (Å²) in [5.74, 6) is 1.11. The smallest absolute Gasteiger partial charge is 0.255 e. The van der Waals surface area contributed by atoms with E-state index in [1.54, 1.807) is 31.0 Å². The molecule has 166 valence electrons. The van der Waals surface area contributed by atoms with E-state index in [2.05, 4.69) is 10.3 Å². The van der Waals surface area contributed by atoms with E-state index in [4.69, 9.17) is 4.74 Å². The number of phenolic OH excluding ortho intramolecular Hbond substituents is 1. The summed E-state index contributed by atoms with van der Waals surface area (Å²) in [7, 11) is 1.63. The van der Waals surface area contributed by atoms with Gasteiger partial charge in [-0.2, -0.15) is 0 Å². The maximum Gasteiger partial charge on any atom is 0.255 e. The van der Waals surface area contributed by atoms with Crippen molar-refractivity contribution in [3.8, 4) is 11.5 Å². The highest BCUT2D eigenvalue weighted by atomic mass is 32.2. The van der Waals surface area contributed by atoms with Crippen molar-refractivity contribution in [3.63, 3.8) is 0 Å². The van der Waals surface area contributed by atoms with Crippen molar-refractivity contribution < 1.29 is 14.6 Å². The molecule has 0 saturated heterocycles. The molecule has 0 radical (unpaired) electrons. The van der Waals surface area contributed by atoms with E-state index in [0.29, 0.717) is 17.8 Å². The lowest BCUT2D eigenvalue weighted by molar-refractivity contribution is 0.0953. The first-order valence-corrected chi connectivity index (χ1v) is 11.5. The van der Waals surface area contributed by atoms with Gasteiger partial charge in [-0.3, -0.25) is 4.79 Å². The number of ether oxygens (including phenoxy) is 1. The fourth-order valence-corrected chi connectivity index (χ4v) is 4.10. The van der Waals surface area contributed by atoms with Crippen LogP contribution in [0.2, 0.25) is 0 Å². The number of aromatic nitrogens is 1.